The smallest absolute Gasteiger partial charge is 0.356 e. The van der Waals surface area contributed by atoms with Crippen LogP contribution in [0, 0.1) is 6.92 Å². The van der Waals surface area contributed by atoms with Gasteiger partial charge >= 0.3 is 5.97 Å². The van der Waals surface area contributed by atoms with Crippen LogP contribution >= 0.6 is 0 Å². The summed E-state index contributed by atoms with van der Waals surface area (Å²) < 4.78 is 4.74. The van der Waals surface area contributed by atoms with E-state index in [0.717, 1.165) is 19.4 Å². The molecule has 114 valence electrons. The number of hydrogen-bond donors (Lipinski definition) is 0. The van der Waals surface area contributed by atoms with E-state index in [1.165, 1.54) is 18.2 Å². The summed E-state index contributed by atoms with van der Waals surface area (Å²) in [6.45, 7) is 4.89. The lowest BCUT2D eigenvalue weighted by atomic mass is 10.1. The highest BCUT2D eigenvalue weighted by atomic mass is 16.5. The number of aliphatic imine (C=N–C) groups is 1. The van der Waals surface area contributed by atoms with Crippen molar-refractivity contribution in [2.45, 2.75) is 33.2 Å². The van der Waals surface area contributed by atoms with Crippen molar-refractivity contribution in [2.75, 3.05) is 14.2 Å². The Labute approximate surface area is 127 Å². The molecule has 0 unspecified atom stereocenters. The lowest BCUT2D eigenvalue weighted by molar-refractivity contribution is -0.136. The van der Waals surface area contributed by atoms with Crippen molar-refractivity contribution < 1.29 is 9.53 Å². The van der Waals surface area contributed by atoms with E-state index in [9.17, 15) is 4.79 Å². The lowest BCUT2D eigenvalue weighted by Gasteiger charge is -2.15. The van der Waals surface area contributed by atoms with Gasteiger partial charge in [-0.2, -0.15) is 0 Å². The Hall–Kier alpha value is -2.10. The molecule has 1 rings (SSSR count). The number of allylic oxidation sites excluding steroid dienone is 1. The van der Waals surface area contributed by atoms with Crippen LogP contribution < -0.4 is 0 Å². The highest BCUT2D eigenvalue weighted by Gasteiger charge is 2.07. The Balaban J connectivity index is 2.72. The lowest BCUT2D eigenvalue weighted by Crippen LogP contribution is -2.17. The zero-order chi connectivity index (χ0) is 15.7. The molecule has 0 saturated carbocycles. The predicted octanol–water partition coefficient (Wildman–Crippen LogP) is 3.31. The first-order valence-electron chi connectivity index (χ1n) is 7.15. The second-order valence-electron chi connectivity index (χ2n) is 4.96. The first-order chi connectivity index (χ1) is 10.1. The summed E-state index contributed by atoms with van der Waals surface area (Å²) in [5.41, 5.74) is 2.84. The van der Waals surface area contributed by atoms with Crippen LogP contribution in [0.1, 0.15) is 30.9 Å². The molecular weight excluding hydrogens is 264 g/mol. The van der Waals surface area contributed by atoms with E-state index < -0.39 is 5.97 Å². The molecule has 4 heteroatoms. The number of ether oxygens (including phenoxy) is 1. The van der Waals surface area contributed by atoms with E-state index in [-0.39, 0.29) is 0 Å². The number of hydrogen-bond acceptors (Lipinski definition) is 3. The Morgan fingerprint density at radius 1 is 1.38 bits per heavy atom. The van der Waals surface area contributed by atoms with Gasteiger partial charge in [0, 0.05) is 13.6 Å². The number of unbranched alkanes of at least 4 members (excludes halogenated alkanes) is 1. The van der Waals surface area contributed by atoms with Crippen LogP contribution in [0.2, 0.25) is 0 Å². The fourth-order valence-corrected chi connectivity index (χ4v) is 1.83. The van der Waals surface area contributed by atoms with E-state index in [1.54, 1.807) is 6.34 Å². The SMILES string of the molecule is CCC/C=C(/N=CN(C)Cc1ccccc1C)C(=O)OC. The fraction of sp³-hybridized carbons (Fsp3) is 0.412. The molecule has 0 aromatic heterocycles. The van der Waals surface area contributed by atoms with Crippen LogP contribution in [-0.2, 0) is 16.1 Å². The molecular formula is C17H24N2O2. The van der Waals surface area contributed by atoms with Gasteiger partial charge < -0.3 is 9.64 Å². The molecule has 0 saturated heterocycles. The number of nitrogens with zero attached hydrogens (tertiary/aromatic N) is 2. The van der Waals surface area contributed by atoms with Crippen LogP contribution in [0.3, 0.4) is 0 Å². The van der Waals surface area contributed by atoms with Gasteiger partial charge in [0.1, 0.15) is 5.70 Å². The minimum absolute atomic E-state index is 0.357. The van der Waals surface area contributed by atoms with Crippen molar-refractivity contribution in [3.63, 3.8) is 0 Å². The maximum absolute atomic E-state index is 11.6. The van der Waals surface area contributed by atoms with E-state index in [2.05, 4.69) is 31.0 Å². The number of carbonyl (C=O) groups is 1. The maximum Gasteiger partial charge on any atom is 0.356 e. The molecule has 0 spiro atoms. The first kappa shape index (κ1) is 17.0. The highest BCUT2D eigenvalue weighted by Crippen LogP contribution is 2.09. The van der Waals surface area contributed by atoms with Crippen LogP contribution in [0.25, 0.3) is 0 Å². The summed E-state index contributed by atoms with van der Waals surface area (Å²) in [5, 5.41) is 0. The van der Waals surface area contributed by atoms with Gasteiger partial charge in [-0.1, -0.05) is 43.7 Å². The zero-order valence-electron chi connectivity index (χ0n) is 13.3. The molecule has 0 bridgehead atoms. The molecule has 1 aromatic carbocycles. The van der Waals surface area contributed by atoms with Gasteiger partial charge in [-0.15, -0.1) is 0 Å². The number of aryl methyl sites for hydroxylation is 1. The summed E-state index contributed by atoms with van der Waals surface area (Å²) in [6, 6.07) is 8.22. The van der Waals surface area contributed by atoms with Gasteiger partial charge in [0.15, 0.2) is 0 Å². The predicted molar refractivity (Wildman–Crippen MR) is 86.1 cm³/mol. The van der Waals surface area contributed by atoms with Gasteiger partial charge in [0.05, 0.1) is 13.4 Å². The van der Waals surface area contributed by atoms with Crippen LogP contribution in [0.15, 0.2) is 41.0 Å². The van der Waals surface area contributed by atoms with E-state index in [0.29, 0.717) is 5.70 Å². The minimum Gasteiger partial charge on any atom is -0.464 e. The summed E-state index contributed by atoms with van der Waals surface area (Å²) in [7, 11) is 3.30. The molecule has 0 fully saturated rings. The Bertz CT molecular complexity index is 521. The highest BCUT2D eigenvalue weighted by molar-refractivity contribution is 5.89. The maximum atomic E-state index is 11.6. The molecule has 1 aromatic rings. The number of methoxy groups -OCH3 is 1. The van der Waals surface area contributed by atoms with E-state index >= 15 is 0 Å². The summed E-state index contributed by atoms with van der Waals surface area (Å²) >= 11 is 0. The number of carbonyl (C=O) groups excluding carboxylic acids is 1. The largest absolute Gasteiger partial charge is 0.464 e. The van der Waals surface area contributed by atoms with Crippen molar-refractivity contribution >= 4 is 12.3 Å². The average molecular weight is 288 g/mol. The van der Waals surface area contributed by atoms with Crippen molar-refractivity contribution in [3.05, 3.63) is 47.2 Å². The first-order valence-corrected chi connectivity index (χ1v) is 7.15. The Morgan fingerprint density at radius 2 is 2.10 bits per heavy atom. The normalized spacial score (nSPS) is 11.7. The zero-order valence-corrected chi connectivity index (χ0v) is 13.3. The third kappa shape index (κ3) is 5.81. The van der Waals surface area contributed by atoms with Gasteiger partial charge in [0.2, 0.25) is 0 Å². The molecule has 0 aliphatic carbocycles. The summed E-state index contributed by atoms with van der Waals surface area (Å²) in [4.78, 5) is 17.8. The van der Waals surface area contributed by atoms with Crippen molar-refractivity contribution in [1.29, 1.82) is 0 Å². The van der Waals surface area contributed by atoms with Gasteiger partial charge in [-0.05, 0) is 24.5 Å². The molecule has 0 radical (unpaired) electrons. The second-order valence-corrected chi connectivity index (χ2v) is 4.96. The van der Waals surface area contributed by atoms with Crippen LogP contribution in [-0.4, -0.2) is 31.4 Å². The van der Waals surface area contributed by atoms with E-state index in [4.69, 9.17) is 4.74 Å². The molecule has 21 heavy (non-hydrogen) atoms. The molecule has 0 aliphatic heterocycles. The molecule has 0 heterocycles. The van der Waals surface area contributed by atoms with Crippen molar-refractivity contribution in [3.8, 4) is 0 Å². The fourth-order valence-electron chi connectivity index (χ4n) is 1.83. The minimum atomic E-state index is -0.399. The van der Waals surface area contributed by atoms with Crippen molar-refractivity contribution in [1.82, 2.24) is 4.90 Å². The van der Waals surface area contributed by atoms with Crippen LogP contribution in [0.5, 0.6) is 0 Å². The van der Waals surface area contributed by atoms with Crippen LogP contribution in [0.4, 0.5) is 0 Å². The number of rotatable bonds is 7. The monoisotopic (exact) mass is 288 g/mol. The second kappa shape index (κ2) is 8.95. The van der Waals surface area contributed by atoms with Gasteiger partial charge in [-0.25, -0.2) is 9.79 Å². The van der Waals surface area contributed by atoms with Gasteiger partial charge in [-0.3, -0.25) is 0 Å². The third-order valence-electron chi connectivity index (χ3n) is 3.10. The van der Waals surface area contributed by atoms with Gasteiger partial charge in [0.25, 0.3) is 0 Å². The molecule has 0 amide bonds. The van der Waals surface area contributed by atoms with Crippen molar-refractivity contribution in [2.24, 2.45) is 4.99 Å². The topological polar surface area (TPSA) is 41.9 Å². The average Bonchev–Trinajstić information content (AvgIpc) is 2.49. The number of benzene rings is 1. The summed E-state index contributed by atoms with van der Waals surface area (Å²) in [6.07, 6.45) is 5.26. The standard InChI is InChI=1S/C17H24N2O2/c1-5-6-11-16(17(20)21-4)18-13-19(3)12-15-10-8-7-9-14(15)2/h7-11,13H,5-6,12H2,1-4H3/b16-11+,18-13?. The molecule has 0 N–H and O–H groups in total. The molecule has 0 aliphatic rings. The molecule has 4 nitrogen and oxygen atoms in total. The third-order valence-corrected chi connectivity index (χ3v) is 3.10. The quantitative estimate of drug-likeness (QED) is 0.334. The Morgan fingerprint density at radius 3 is 2.71 bits per heavy atom. The summed E-state index contributed by atoms with van der Waals surface area (Å²) in [5.74, 6) is -0.399. The van der Waals surface area contributed by atoms with E-state index in [1.807, 2.05) is 30.2 Å². The molecule has 0 atom stereocenters. The number of esters is 1. The Kier molecular flexibility index (Phi) is 7.23.